The van der Waals surface area contributed by atoms with Crippen LogP contribution in [-0.2, 0) is 0 Å². The van der Waals surface area contributed by atoms with E-state index in [-0.39, 0.29) is 11.1 Å². The van der Waals surface area contributed by atoms with Gasteiger partial charge in [-0.2, -0.15) is 0 Å². The van der Waals surface area contributed by atoms with Crippen molar-refractivity contribution in [1.29, 1.82) is 0 Å². The number of hydrogen-bond acceptors (Lipinski definition) is 5. The van der Waals surface area contributed by atoms with Crippen molar-refractivity contribution in [3.8, 4) is 0 Å². The summed E-state index contributed by atoms with van der Waals surface area (Å²) in [5, 5.41) is 14.3. The highest BCUT2D eigenvalue weighted by Crippen LogP contribution is 2.27. The standard InChI is InChI=1S/C17H17ClFN3OS.C6H13NO.C2H6/c18-15-11-13(5-8-16(15)19)21-17(23)20-12-3-6-14(7-4-12)24-22-9-1-2-10-22;1-7-4-2-6(8)3-5-7;1-2/h3-8,11H,1-2,9-10H2,(H2,20,21,23);6,8H,2-5H2,1H3;1-2H3. The number of amides is 2. The van der Waals surface area contributed by atoms with Gasteiger partial charge in [-0.3, -0.25) is 0 Å². The van der Waals surface area contributed by atoms with E-state index in [0.717, 1.165) is 43.9 Å². The first-order chi connectivity index (χ1) is 16.4. The second-order valence-corrected chi connectivity index (χ2v) is 9.57. The summed E-state index contributed by atoms with van der Waals surface area (Å²) < 4.78 is 15.4. The van der Waals surface area contributed by atoms with Crippen LogP contribution in [0.15, 0.2) is 47.4 Å². The summed E-state index contributed by atoms with van der Waals surface area (Å²) in [7, 11) is 2.09. The van der Waals surface area contributed by atoms with E-state index in [9.17, 15) is 9.18 Å². The lowest BCUT2D eigenvalue weighted by atomic mass is 10.1. The monoisotopic (exact) mass is 510 g/mol. The molecule has 2 aromatic carbocycles. The van der Waals surface area contributed by atoms with Crippen molar-refractivity contribution >= 4 is 41.0 Å². The molecule has 2 amide bonds. The topological polar surface area (TPSA) is 67.8 Å². The zero-order valence-corrected chi connectivity index (χ0v) is 21.8. The fraction of sp³-hybridized carbons (Fsp3) is 0.480. The first kappa shape index (κ1) is 28.4. The Morgan fingerprint density at radius 3 is 2.12 bits per heavy atom. The van der Waals surface area contributed by atoms with Gasteiger partial charge < -0.3 is 20.6 Å². The fourth-order valence-corrected chi connectivity index (χ4v) is 4.57. The molecule has 2 aliphatic heterocycles. The van der Waals surface area contributed by atoms with Crippen LogP contribution < -0.4 is 10.6 Å². The first-order valence-corrected chi connectivity index (χ1v) is 13.0. The Bertz CT molecular complexity index is 864. The van der Waals surface area contributed by atoms with Crippen molar-refractivity contribution in [2.45, 2.75) is 50.5 Å². The summed E-state index contributed by atoms with van der Waals surface area (Å²) in [6, 6.07) is 11.3. The van der Waals surface area contributed by atoms with Gasteiger partial charge in [0.05, 0.1) is 11.1 Å². The van der Waals surface area contributed by atoms with Crippen molar-refractivity contribution in [3.63, 3.8) is 0 Å². The molecular formula is C25H36ClFN4O2S. The van der Waals surface area contributed by atoms with E-state index in [1.54, 1.807) is 11.9 Å². The molecular weight excluding hydrogens is 475 g/mol. The molecule has 0 aliphatic carbocycles. The maximum absolute atomic E-state index is 13.1. The van der Waals surface area contributed by atoms with Gasteiger partial charge in [0, 0.05) is 42.4 Å². The molecule has 2 aliphatic rings. The van der Waals surface area contributed by atoms with Gasteiger partial charge in [-0.1, -0.05) is 25.4 Å². The van der Waals surface area contributed by atoms with Crippen LogP contribution in [0.4, 0.5) is 20.6 Å². The van der Waals surface area contributed by atoms with Gasteiger partial charge in [0.25, 0.3) is 0 Å². The van der Waals surface area contributed by atoms with Crippen LogP contribution in [0.5, 0.6) is 0 Å². The summed E-state index contributed by atoms with van der Waals surface area (Å²) in [5.74, 6) is -0.520. The van der Waals surface area contributed by atoms with Gasteiger partial charge in [-0.15, -0.1) is 0 Å². The highest BCUT2D eigenvalue weighted by atomic mass is 35.5. The quantitative estimate of drug-likeness (QED) is 0.419. The van der Waals surface area contributed by atoms with Gasteiger partial charge in [0.15, 0.2) is 0 Å². The first-order valence-electron chi connectivity index (χ1n) is 11.8. The third-order valence-corrected chi connectivity index (χ3v) is 6.67. The summed E-state index contributed by atoms with van der Waals surface area (Å²) in [5.41, 5.74) is 1.12. The van der Waals surface area contributed by atoms with Crippen LogP contribution in [0.25, 0.3) is 0 Å². The Labute approximate surface area is 212 Å². The van der Waals surface area contributed by atoms with Crippen molar-refractivity contribution < 1.29 is 14.3 Å². The number of aliphatic hydroxyl groups is 1. The number of carbonyl (C=O) groups is 1. The van der Waals surface area contributed by atoms with E-state index in [0.29, 0.717) is 11.4 Å². The van der Waals surface area contributed by atoms with Crippen molar-refractivity contribution in [2.24, 2.45) is 0 Å². The smallest absolute Gasteiger partial charge is 0.323 e. The molecule has 0 aromatic heterocycles. The average Bonchev–Trinajstić information content (AvgIpc) is 3.34. The molecule has 0 unspecified atom stereocenters. The molecule has 9 heteroatoms. The molecule has 2 fully saturated rings. The number of halogens is 2. The van der Waals surface area contributed by atoms with Crippen LogP contribution in [0.2, 0.25) is 5.02 Å². The van der Waals surface area contributed by atoms with E-state index < -0.39 is 11.8 Å². The van der Waals surface area contributed by atoms with Crippen LogP contribution >= 0.6 is 23.5 Å². The number of aliphatic hydroxyl groups excluding tert-OH is 1. The molecule has 2 saturated heterocycles. The lowest BCUT2D eigenvalue weighted by Gasteiger charge is -2.25. The fourth-order valence-electron chi connectivity index (χ4n) is 3.39. The minimum absolute atomic E-state index is 0.0220. The number of anilines is 2. The van der Waals surface area contributed by atoms with Crippen LogP contribution in [0.3, 0.4) is 0 Å². The second kappa shape index (κ2) is 15.2. The SMILES string of the molecule is CC.CN1CCC(O)CC1.O=C(Nc1ccc(SN2CCCC2)cc1)Nc1ccc(F)c(Cl)c1. The number of benzene rings is 2. The highest BCUT2D eigenvalue weighted by Gasteiger charge is 2.13. The van der Waals surface area contributed by atoms with Gasteiger partial charge in [-0.05, 0) is 87.1 Å². The average molecular weight is 511 g/mol. The molecule has 188 valence electrons. The Kier molecular flexibility index (Phi) is 12.7. The van der Waals surface area contributed by atoms with Crippen LogP contribution in [0.1, 0.15) is 39.5 Å². The molecule has 2 aromatic rings. The van der Waals surface area contributed by atoms with Gasteiger partial charge in [0.2, 0.25) is 0 Å². The lowest BCUT2D eigenvalue weighted by Crippen LogP contribution is -2.32. The molecule has 34 heavy (non-hydrogen) atoms. The van der Waals surface area contributed by atoms with Gasteiger partial charge >= 0.3 is 6.03 Å². The number of rotatable bonds is 4. The van der Waals surface area contributed by atoms with Crippen LogP contribution in [-0.4, -0.2) is 59.7 Å². The number of nitrogens with one attached hydrogen (secondary N) is 2. The molecule has 2 heterocycles. The maximum atomic E-state index is 13.1. The number of nitrogens with zero attached hydrogens (tertiary/aromatic N) is 2. The third kappa shape index (κ3) is 10.2. The van der Waals surface area contributed by atoms with Crippen LogP contribution in [0, 0.1) is 5.82 Å². The summed E-state index contributed by atoms with van der Waals surface area (Å²) in [6.45, 7) is 8.35. The van der Waals surface area contributed by atoms with E-state index in [1.165, 1.54) is 31.0 Å². The van der Waals surface area contributed by atoms with Crippen molar-refractivity contribution in [2.75, 3.05) is 43.9 Å². The Balaban J connectivity index is 0.000000343. The highest BCUT2D eigenvalue weighted by molar-refractivity contribution is 7.97. The predicted octanol–water partition coefficient (Wildman–Crippen LogP) is 6.33. The number of carbonyl (C=O) groups excluding carboxylic acids is 1. The molecule has 3 N–H and O–H groups in total. The molecule has 0 saturated carbocycles. The third-order valence-electron chi connectivity index (χ3n) is 5.28. The molecule has 0 atom stereocenters. The maximum Gasteiger partial charge on any atom is 0.323 e. The largest absolute Gasteiger partial charge is 0.393 e. The van der Waals surface area contributed by atoms with E-state index >= 15 is 0 Å². The minimum Gasteiger partial charge on any atom is -0.393 e. The van der Waals surface area contributed by atoms with Crippen molar-refractivity contribution in [1.82, 2.24) is 9.21 Å². The van der Waals surface area contributed by atoms with E-state index in [1.807, 2.05) is 38.1 Å². The number of urea groups is 1. The normalized spacial score (nSPS) is 16.6. The minimum atomic E-state index is -0.520. The number of hydrogen-bond donors (Lipinski definition) is 3. The molecule has 0 radical (unpaired) electrons. The van der Waals surface area contributed by atoms with Gasteiger partial charge in [-0.25, -0.2) is 13.5 Å². The van der Waals surface area contributed by atoms with Gasteiger partial charge in [0.1, 0.15) is 5.82 Å². The Hall–Kier alpha value is -1.84. The van der Waals surface area contributed by atoms with Crippen molar-refractivity contribution in [3.05, 3.63) is 53.3 Å². The molecule has 6 nitrogen and oxygen atoms in total. The Morgan fingerprint density at radius 2 is 1.56 bits per heavy atom. The predicted molar refractivity (Wildman–Crippen MR) is 141 cm³/mol. The molecule has 0 spiro atoms. The van der Waals surface area contributed by atoms with E-state index in [4.69, 9.17) is 16.7 Å². The summed E-state index contributed by atoms with van der Waals surface area (Å²) in [6.07, 6.45) is 4.39. The number of likely N-dealkylation sites (tertiary alicyclic amines) is 1. The summed E-state index contributed by atoms with van der Waals surface area (Å²) >= 11 is 7.43. The molecule has 4 rings (SSSR count). The summed E-state index contributed by atoms with van der Waals surface area (Å²) in [4.78, 5) is 15.4. The van der Waals surface area contributed by atoms with E-state index in [2.05, 4.69) is 26.9 Å². The molecule has 0 bridgehead atoms. The lowest BCUT2D eigenvalue weighted by molar-refractivity contribution is 0.0943. The Morgan fingerprint density at radius 1 is 1.00 bits per heavy atom. The zero-order chi connectivity index (χ0) is 24.9. The second-order valence-electron chi connectivity index (χ2n) is 7.99. The number of piperidine rings is 1. The zero-order valence-electron chi connectivity index (χ0n) is 20.2.